The van der Waals surface area contributed by atoms with Crippen molar-refractivity contribution in [3.63, 3.8) is 0 Å². The van der Waals surface area contributed by atoms with Crippen LogP contribution in [-0.4, -0.2) is 31.1 Å². The number of nitrogens with one attached hydrogen (secondary N) is 1. The van der Waals surface area contributed by atoms with E-state index in [-0.39, 0.29) is 11.5 Å². The molecule has 1 amide bonds. The molecule has 1 aromatic carbocycles. The van der Waals surface area contributed by atoms with Crippen molar-refractivity contribution >= 4 is 51.7 Å². The van der Waals surface area contributed by atoms with Crippen LogP contribution in [0, 0.1) is 6.92 Å². The van der Waals surface area contributed by atoms with E-state index >= 15 is 0 Å². The lowest BCUT2D eigenvalue weighted by Crippen LogP contribution is -2.27. The fourth-order valence-corrected chi connectivity index (χ4v) is 4.51. The molecule has 0 aliphatic carbocycles. The number of aryl methyl sites for hydroxylation is 1. The first-order chi connectivity index (χ1) is 14.5. The fourth-order valence-electron chi connectivity index (χ4n) is 3.28. The molecule has 0 bridgehead atoms. The second-order valence-electron chi connectivity index (χ2n) is 6.85. The highest BCUT2D eigenvalue weighted by Crippen LogP contribution is 2.34. The maximum atomic E-state index is 13.2. The molecule has 6 nitrogen and oxygen atoms in total. The molecule has 152 valence electrons. The summed E-state index contributed by atoms with van der Waals surface area (Å²) in [6.45, 7) is 4.84. The Kier molecular flexibility index (Phi) is 5.69. The van der Waals surface area contributed by atoms with Gasteiger partial charge in [0.15, 0.2) is 0 Å². The zero-order valence-electron chi connectivity index (χ0n) is 16.6. The van der Waals surface area contributed by atoms with Crippen LogP contribution in [0.2, 0.25) is 0 Å². The third-order valence-corrected chi connectivity index (χ3v) is 6.14. The summed E-state index contributed by atoms with van der Waals surface area (Å²) >= 11 is 6.64. The Bertz CT molecular complexity index is 1240. The molecule has 1 aliphatic heterocycles. The number of rotatable bonds is 5. The standard InChI is InChI=1S/C22H20N4O2S2/c1-3-23-18-16(20(27)25-11-7-8-14(2)19(25)24-18)12-17-21(28)26(22(29)30-17)13-15-9-5-4-6-10-15/h4-12,23H,3,13H2,1-2H3/b17-12+. The average molecular weight is 437 g/mol. The van der Waals surface area contributed by atoms with Gasteiger partial charge in [0.1, 0.15) is 15.8 Å². The molecule has 3 aromatic rings. The number of pyridine rings is 1. The summed E-state index contributed by atoms with van der Waals surface area (Å²) in [5, 5.41) is 3.15. The van der Waals surface area contributed by atoms with Crippen LogP contribution in [0.1, 0.15) is 23.6 Å². The number of carbonyl (C=O) groups excluding carboxylic acids is 1. The van der Waals surface area contributed by atoms with E-state index in [0.29, 0.717) is 39.3 Å². The lowest BCUT2D eigenvalue weighted by molar-refractivity contribution is -0.122. The molecule has 1 aliphatic rings. The summed E-state index contributed by atoms with van der Waals surface area (Å²) < 4.78 is 1.98. The molecular weight excluding hydrogens is 416 g/mol. The lowest BCUT2D eigenvalue weighted by atomic mass is 10.2. The Morgan fingerprint density at radius 3 is 2.67 bits per heavy atom. The van der Waals surface area contributed by atoms with Gasteiger partial charge in [-0.2, -0.15) is 0 Å². The number of carbonyl (C=O) groups is 1. The third-order valence-electron chi connectivity index (χ3n) is 4.76. The van der Waals surface area contributed by atoms with E-state index in [1.807, 2.05) is 50.2 Å². The van der Waals surface area contributed by atoms with Crippen LogP contribution in [0.15, 0.2) is 58.4 Å². The molecule has 8 heteroatoms. The Labute approximate surface area is 183 Å². The van der Waals surface area contributed by atoms with Crippen LogP contribution >= 0.6 is 24.0 Å². The first kappa shape index (κ1) is 20.3. The number of amides is 1. The Balaban J connectivity index is 1.76. The van der Waals surface area contributed by atoms with Gasteiger partial charge in [-0.25, -0.2) is 4.98 Å². The second-order valence-corrected chi connectivity index (χ2v) is 8.52. The number of fused-ring (bicyclic) bond motifs is 1. The summed E-state index contributed by atoms with van der Waals surface area (Å²) in [7, 11) is 0. The smallest absolute Gasteiger partial charge is 0.267 e. The zero-order chi connectivity index (χ0) is 21.3. The summed E-state index contributed by atoms with van der Waals surface area (Å²) in [4.78, 5) is 32.8. The SMILES string of the molecule is CCNc1nc2c(C)cccn2c(=O)c1/C=C1/SC(=S)N(Cc2ccccc2)C1=O. The first-order valence-electron chi connectivity index (χ1n) is 9.54. The van der Waals surface area contributed by atoms with Crippen LogP contribution in [0.25, 0.3) is 11.7 Å². The van der Waals surface area contributed by atoms with E-state index in [0.717, 1.165) is 11.1 Å². The Morgan fingerprint density at radius 1 is 1.17 bits per heavy atom. The van der Waals surface area contributed by atoms with Crippen LogP contribution < -0.4 is 10.9 Å². The van der Waals surface area contributed by atoms with Gasteiger partial charge in [-0.15, -0.1) is 0 Å². The quantitative estimate of drug-likeness (QED) is 0.484. The predicted octanol–water partition coefficient (Wildman–Crippen LogP) is 3.84. The van der Waals surface area contributed by atoms with Crippen molar-refractivity contribution in [1.29, 1.82) is 0 Å². The van der Waals surface area contributed by atoms with E-state index in [9.17, 15) is 9.59 Å². The number of hydrogen-bond donors (Lipinski definition) is 1. The normalized spacial score (nSPS) is 15.4. The van der Waals surface area contributed by atoms with Gasteiger partial charge in [0, 0.05) is 12.7 Å². The number of anilines is 1. The minimum Gasteiger partial charge on any atom is -0.370 e. The molecule has 0 radical (unpaired) electrons. The number of benzene rings is 1. The fraction of sp³-hybridized carbons (Fsp3) is 0.182. The molecule has 1 saturated heterocycles. The van der Waals surface area contributed by atoms with Gasteiger partial charge in [0.05, 0.1) is 17.0 Å². The maximum Gasteiger partial charge on any atom is 0.267 e. The monoisotopic (exact) mass is 436 g/mol. The molecule has 30 heavy (non-hydrogen) atoms. The Hall–Kier alpha value is -2.97. The molecule has 1 N–H and O–H groups in total. The highest BCUT2D eigenvalue weighted by Gasteiger charge is 2.32. The van der Waals surface area contributed by atoms with Crippen molar-refractivity contribution in [1.82, 2.24) is 14.3 Å². The summed E-state index contributed by atoms with van der Waals surface area (Å²) in [5.41, 5.74) is 2.60. The predicted molar refractivity (Wildman–Crippen MR) is 126 cm³/mol. The molecular formula is C22H20N4O2S2. The van der Waals surface area contributed by atoms with Crippen molar-refractivity contribution in [2.24, 2.45) is 0 Å². The number of thiocarbonyl (C=S) groups is 1. The Morgan fingerprint density at radius 2 is 1.93 bits per heavy atom. The van der Waals surface area contributed by atoms with E-state index in [4.69, 9.17) is 12.2 Å². The van der Waals surface area contributed by atoms with Gasteiger partial charge < -0.3 is 5.32 Å². The second kappa shape index (κ2) is 8.41. The van der Waals surface area contributed by atoms with E-state index in [1.165, 1.54) is 16.2 Å². The molecule has 2 aromatic heterocycles. The van der Waals surface area contributed by atoms with Gasteiger partial charge in [-0.05, 0) is 37.1 Å². The van der Waals surface area contributed by atoms with Crippen molar-refractivity contribution in [3.05, 3.63) is 80.6 Å². The van der Waals surface area contributed by atoms with E-state index in [1.54, 1.807) is 23.2 Å². The number of thioether (sulfide) groups is 1. The minimum absolute atomic E-state index is 0.204. The molecule has 0 spiro atoms. The van der Waals surface area contributed by atoms with E-state index < -0.39 is 0 Å². The van der Waals surface area contributed by atoms with E-state index in [2.05, 4.69) is 10.3 Å². The topological polar surface area (TPSA) is 66.7 Å². The summed E-state index contributed by atoms with van der Waals surface area (Å²) in [6, 6.07) is 13.4. The van der Waals surface area contributed by atoms with Crippen molar-refractivity contribution in [3.8, 4) is 0 Å². The van der Waals surface area contributed by atoms with Crippen molar-refractivity contribution < 1.29 is 4.79 Å². The lowest BCUT2D eigenvalue weighted by Gasteiger charge is -2.14. The average Bonchev–Trinajstić information content (AvgIpc) is 3.00. The first-order valence-corrected chi connectivity index (χ1v) is 10.8. The molecule has 3 heterocycles. The van der Waals surface area contributed by atoms with Crippen LogP contribution in [0.5, 0.6) is 0 Å². The van der Waals surface area contributed by atoms with Gasteiger partial charge in [-0.3, -0.25) is 18.9 Å². The highest BCUT2D eigenvalue weighted by molar-refractivity contribution is 8.26. The van der Waals surface area contributed by atoms with Gasteiger partial charge in [0.25, 0.3) is 11.5 Å². The van der Waals surface area contributed by atoms with Crippen molar-refractivity contribution in [2.45, 2.75) is 20.4 Å². The molecule has 1 fully saturated rings. The zero-order valence-corrected chi connectivity index (χ0v) is 18.2. The third kappa shape index (κ3) is 3.76. The van der Waals surface area contributed by atoms with Crippen molar-refractivity contribution in [2.75, 3.05) is 11.9 Å². The van der Waals surface area contributed by atoms with Gasteiger partial charge in [0.2, 0.25) is 0 Å². The van der Waals surface area contributed by atoms with Crippen LogP contribution in [-0.2, 0) is 11.3 Å². The minimum atomic E-state index is -0.229. The molecule has 0 unspecified atom stereocenters. The highest BCUT2D eigenvalue weighted by atomic mass is 32.2. The maximum absolute atomic E-state index is 13.2. The number of nitrogens with zero attached hydrogens (tertiary/aromatic N) is 3. The molecule has 0 saturated carbocycles. The summed E-state index contributed by atoms with van der Waals surface area (Å²) in [5.74, 6) is 0.259. The molecule has 0 atom stereocenters. The van der Waals surface area contributed by atoms with Gasteiger partial charge >= 0.3 is 0 Å². The summed E-state index contributed by atoms with van der Waals surface area (Å²) in [6.07, 6.45) is 3.29. The number of hydrogen-bond acceptors (Lipinski definition) is 6. The largest absolute Gasteiger partial charge is 0.370 e. The number of aromatic nitrogens is 2. The van der Waals surface area contributed by atoms with Crippen LogP contribution in [0.3, 0.4) is 0 Å². The molecule has 4 rings (SSSR count). The van der Waals surface area contributed by atoms with Gasteiger partial charge in [-0.1, -0.05) is 60.4 Å². The van der Waals surface area contributed by atoms with Crippen LogP contribution in [0.4, 0.5) is 5.82 Å².